The molecule has 1 saturated heterocycles. The Morgan fingerprint density at radius 1 is 1.17 bits per heavy atom. The maximum absolute atomic E-state index is 4.94. The van der Waals surface area contributed by atoms with Gasteiger partial charge < -0.3 is 9.47 Å². The highest BCUT2D eigenvalue weighted by atomic mass is 32.1. The van der Waals surface area contributed by atoms with Gasteiger partial charge in [-0.2, -0.15) is 0 Å². The number of aryl methyl sites for hydroxylation is 1. The molecule has 1 aromatic rings. The molecule has 0 aromatic carbocycles. The Labute approximate surface area is 77.1 Å². The molecule has 1 fully saturated rings. The lowest BCUT2D eigenvalue weighted by molar-refractivity contribution is -0.0334. The van der Waals surface area contributed by atoms with Crippen molar-refractivity contribution in [2.75, 3.05) is 26.4 Å². The third-order valence-electron chi connectivity index (χ3n) is 1.41. The largest absolute Gasteiger partial charge is 0.377 e. The summed E-state index contributed by atoms with van der Waals surface area (Å²) >= 11 is 1.78. The van der Waals surface area contributed by atoms with Crippen LogP contribution in [0.3, 0.4) is 0 Å². The summed E-state index contributed by atoms with van der Waals surface area (Å²) in [5.41, 5.74) is 0. The molecule has 0 N–H and O–H groups in total. The molecule has 0 atom stereocenters. The van der Waals surface area contributed by atoms with Crippen LogP contribution in [0.2, 0.25) is 0 Å². The monoisotopic (exact) mass is 186 g/mol. The minimum Gasteiger partial charge on any atom is -0.377 e. The summed E-state index contributed by atoms with van der Waals surface area (Å²) in [5.74, 6) is 0. The van der Waals surface area contributed by atoms with Crippen molar-refractivity contribution in [2.24, 2.45) is 0 Å². The number of hydrogen-bond acceptors (Lipinski definition) is 3. The van der Waals surface area contributed by atoms with Gasteiger partial charge in [-0.25, -0.2) is 0 Å². The van der Waals surface area contributed by atoms with E-state index in [9.17, 15) is 0 Å². The van der Waals surface area contributed by atoms with E-state index in [0.717, 1.165) is 26.4 Å². The van der Waals surface area contributed by atoms with E-state index in [2.05, 4.69) is 24.4 Å². The molecular weight excluding hydrogens is 172 g/mol. The van der Waals surface area contributed by atoms with Crippen molar-refractivity contribution in [1.29, 1.82) is 0 Å². The first-order chi connectivity index (χ1) is 5.89. The van der Waals surface area contributed by atoms with Gasteiger partial charge in [-0.15, -0.1) is 11.3 Å². The van der Waals surface area contributed by atoms with Crippen molar-refractivity contribution < 1.29 is 9.47 Å². The van der Waals surface area contributed by atoms with Crippen LogP contribution in [-0.4, -0.2) is 26.4 Å². The minimum absolute atomic E-state index is 0.778. The average Bonchev–Trinajstić information content (AvgIpc) is 2.60. The lowest BCUT2D eigenvalue weighted by atomic mass is 10.5. The molecular formula is C9H14O2S. The molecule has 0 saturated carbocycles. The van der Waals surface area contributed by atoms with Gasteiger partial charge >= 0.3 is 0 Å². The van der Waals surface area contributed by atoms with Crippen LogP contribution < -0.4 is 0 Å². The number of hydrogen-bond donors (Lipinski definition) is 0. The predicted octanol–water partition coefficient (Wildman–Crippen LogP) is 2.09. The first-order valence-electron chi connectivity index (χ1n) is 4.05. The standard InChI is InChI=1S/C5H6S.C4H8O2/c1-5-3-2-4-6-5;1-2-6-4-3-5-1/h2-4H,1H3;1-4H2. The van der Waals surface area contributed by atoms with Gasteiger partial charge in [0, 0.05) is 4.88 Å². The van der Waals surface area contributed by atoms with Gasteiger partial charge in [-0.1, -0.05) is 6.07 Å². The molecule has 12 heavy (non-hydrogen) atoms. The summed E-state index contributed by atoms with van der Waals surface area (Å²) in [6.45, 7) is 5.21. The fourth-order valence-electron chi connectivity index (χ4n) is 0.801. The Bertz CT molecular complexity index is 169. The van der Waals surface area contributed by atoms with Crippen molar-refractivity contribution in [1.82, 2.24) is 0 Å². The van der Waals surface area contributed by atoms with E-state index in [4.69, 9.17) is 9.47 Å². The van der Waals surface area contributed by atoms with E-state index in [-0.39, 0.29) is 0 Å². The van der Waals surface area contributed by atoms with Gasteiger partial charge in [0.05, 0.1) is 26.4 Å². The highest BCUT2D eigenvalue weighted by Gasteiger charge is 1.94. The number of ether oxygens (including phenoxy) is 2. The summed E-state index contributed by atoms with van der Waals surface area (Å²) in [4.78, 5) is 1.38. The summed E-state index contributed by atoms with van der Waals surface area (Å²) in [6.07, 6.45) is 0. The Kier molecular flexibility index (Phi) is 4.99. The second-order valence-electron chi connectivity index (χ2n) is 2.45. The maximum Gasteiger partial charge on any atom is 0.0701 e. The Morgan fingerprint density at radius 2 is 1.75 bits per heavy atom. The van der Waals surface area contributed by atoms with Gasteiger partial charge in [0.2, 0.25) is 0 Å². The Hall–Kier alpha value is -0.380. The highest BCUT2D eigenvalue weighted by Crippen LogP contribution is 2.03. The Balaban J connectivity index is 0.000000120. The van der Waals surface area contributed by atoms with E-state index in [0.29, 0.717) is 0 Å². The van der Waals surface area contributed by atoms with Crippen molar-refractivity contribution in [3.8, 4) is 0 Å². The van der Waals surface area contributed by atoms with E-state index in [1.165, 1.54) is 4.88 Å². The summed E-state index contributed by atoms with van der Waals surface area (Å²) in [7, 11) is 0. The van der Waals surface area contributed by atoms with Crippen molar-refractivity contribution in [3.05, 3.63) is 22.4 Å². The van der Waals surface area contributed by atoms with E-state index >= 15 is 0 Å². The van der Waals surface area contributed by atoms with E-state index in [1.807, 2.05) is 0 Å². The van der Waals surface area contributed by atoms with E-state index < -0.39 is 0 Å². The fourth-order valence-corrected chi connectivity index (χ4v) is 1.33. The van der Waals surface area contributed by atoms with Crippen LogP contribution in [0.25, 0.3) is 0 Å². The zero-order chi connectivity index (χ0) is 8.65. The lowest BCUT2D eigenvalue weighted by Crippen LogP contribution is -2.16. The Morgan fingerprint density at radius 3 is 1.92 bits per heavy atom. The van der Waals surface area contributed by atoms with Gasteiger partial charge in [-0.3, -0.25) is 0 Å². The molecule has 0 unspecified atom stereocenters. The molecule has 3 heteroatoms. The first kappa shape index (κ1) is 9.71. The zero-order valence-electron chi connectivity index (χ0n) is 7.29. The summed E-state index contributed by atoms with van der Waals surface area (Å²) < 4.78 is 9.89. The van der Waals surface area contributed by atoms with Gasteiger partial charge in [-0.05, 0) is 18.4 Å². The van der Waals surface area contributed by atoms with Gasteiger partial charge in [0.15, 0.2) is 0 Å². The molecule has 0 bridgehead atoms. The smallest absolute Gasteiger partial charge is 0.0701 e. The number of thiophene rings is 1. The van der Waals surface area contributed by atoms with Crippen LogP contribution in [-0.2, 0) is 9.47 Å². The van der Waals surface area contributed by atoms with Crippen LogP contribution in [0.5, 0.6) is 0 Å². The molecule has 1 aromatic heterocycles. The maximum atomic E-state index is 4.94. The van der Waals surface area contributed by atoms with Crippen molar-refractivity contribution in [3.63, 3.8) is 0 Å². The van der Waals surface area contributed by atoms with Gasteiger partial charge in [0.25, 0.3) is 0 Å². The first-order valence-corrected chi connectivity index (χ1v) is 4.93. The van der Waals surface area contributed by atoms with Crippen LogP contribution in [0.4, 0.5) is 0 Å². The molecule has 2 heterocycles. The molecule has 1 aliphatic rings. The lowest BCUT2D eigenvalue weighted by Gasteiger charge is -2.09. The quantitative estimate of drug-likeness (QED) is 0.617. The predicted molar refractivity (Wildman–Crippen MR) is 50.7 cm³/mol. The fraction of sp³-hybridized carbons (Fsp3) is 0.556. The summed E-state index contributed by atoms with van der Waals surface area (Å²) in [5, 5.41) is 2.08. The molecule has 0 spiro atoms. The normalized spacial score (nSPS) is 16.4. The van der Waals surface area contributed by atoms with Crippen LogP contribution in [0, 0.1) is 6.92 Å². The molecule has 2 nitrogen and oxygen atoms in total. The topological polar surface area (TPSA) is 18.5 Å². The zero-order valence-corrected chi connectivity index (χ0v) is 8.10. The van der Waals surface area contributed by atoms with Crippen LogP contribution >= 0.6 is 11.3 Å². The average molecular weight is 186 g/mol. The van der Waals surface area contributed by atoms with Crippen LogP contribution in [0.15, 0.2) is 17.5 Å². The van der Waals surface area contributed by atoms with E-state index in [1.54, 1.807) is 11.3 Å². The number of rotatable bonds is 0. The second kappa shape index (κ2) is 6.17. The van der Waals surface area contributed by atoms with Crippen molar-refractivity contribution >= 4 is 11.3 Å². The molecule has 0 amide bonds. The third-order valence-corrected chi connectivity index (χ3v) is 2.21. The summed E-state index contributed by atoms with van der Waals surface area (Å²) in [6, 6.07) is 4.16. The molecule has 68 valence electrons. The minimum atomic E-state index is 0.778. The van der Waals surface area contributed by atoms with Gasteiger partial charge in [0.1, 0.15) is 0 Å². The molecule has 2 rings (SSSR count). The molecule has 0 radical (unpaired) electrons. The van der Waals surface area contributed by atoms with Crippen molar-refractivity contribution in [2.45, 2.75) is 6.92 Å². The second-order valence-corrected chi connectivity index (χ2v) is 3.60. The highest BCUT2D eigenvalue weighted by molar-refractivity contribution is 7.09. The van der Waals surface area contributed by atoms with Crippen LogP contribution in [0.1, 0.15) is 4.88 Å². The third kappa shape index (κ3) is 4.49. The SMILES string of the molecule is C1COCCO1.Cc1cccs1. The molecule has 0 aliphatic carbocycles. The molecule has 1 aliphatic heterocycles.